The number of amides is 1. The van der Waals surface area contributed by atoms with Crippen LogP contribution >= 0.6 is 0 Å². The predicted molar refractivity (Wildman–Crippen MR) is 76.3 cm³/mol. The molecule has 0 N–H and O–H groups in total. The van der Waals surface area contributed by atoms with Gasteiger partial charge >= 0.3 is 6.09 Å². The van der Waals surface area contributed by atoms with Crippen LogP contribution < -0.4 is 0 Å². The van der Waals surface area contributed by atoms with Crippen LogP contribution in [0.3, 0.4) is 0 Å². The zero-order valence-electron chi connectivity index (χ0n) is 11.9. The summed E-state index contributed by atoms with van der Waals surface area (Å²) in [4.78, 5) is 13.6. The van der Waals surface area contributed by atoms with Crippen LogP contribution in [0.25, 0.3) is 0 Å². The molecule has 2 atom stereocenters. The van der Waals surface area contributed by atoms with E-state index in [-0.39, 0.29) is 18.4 Å². The van der Waals surface area contributed by atoms with Crippen LogP contribution in [0.15, 0.2) is 30.3 Å². The molecule has 19 heavy (non-hydrogen) atoms. The third kappa shape index (κ3) is 3.36. The summed E-state index contributed by atoms with van der Waals surface area (Å²) in [5.74, 6) is 0. The minimum atomic E-state index is -1.70. The predicted octanol–water partition coefficient (Wildman–Crippen LogP) is 3.38. The standard InChI is InChI=1S/C14H21NO3Si/c1-11(18-19(2,3)4)15-13(10-17-14(15)16)12-8-6-5-7-9-12/h5-9,11,13H,10H2,1-4H3/t11-,13-/m0/s1. The van der Waals surface area contributed by atoms with Crippen LogP contribution in [0.2, 0.25) is 19.6 Å². The highest BCUT2D eigenvalue weighted by atomic mass is 28.4. The maximum Gasteiger partial charge on any atom is 0.412 e. The lowest BCUT2D eigenvalue weighted by atomic mass is 10.1. The summed E-state index contributed by atoms with van der Waals surface area (Å²) >= 11 is 0. The molecule has 1 amide bonds. The first-order chi connectivity index (χ1) is 8.88. The molecule has 0 spiro atoms. The summed E-state index contributed by atoms with van der Waals surface area (Å²) in [6.45, 7) is 8.65. The fourth-order valence-corrected chi connectivity index (χ4v) is 3.47. The molecule has 1 fully saturated rings. The summed E-state index contributed by atoms with van der Waals surface area (Å²) in [6, 6.07) is 9.88. The van der Waals surface area contributed by atoms with Gasteiger partial charge in [0.25, 0.3) is 0 Å². The number of cyclic esters (lactones) is 1. The molecule has 1 heterocycles. The molecule has 1 aromatic carbocycles. The van der Waals surface area contributed by atoms with Crippen molar-refractivity contribution in [2.45, 2.75) is 38.8 Å². The molecule has 4 nitrogen and oxygen atoms in total. The zero-order chi connectivity index (χ0) is 14.0. The third-order valence-electron chi connectivity index (χ3n) is 3.01. The van der Waals surface area contributed by atoms with Crippen molar-refractivity contribution in [3.8, 4) is 0 Å². The highest BCUT2D eigenvalue weighted by Gasteiger charge is 2.39. The van der Waals surface area contributed by atoms with Gasteiger partial charge in [0.15, 0.2) is 8.32 Å². The highest BCUT2D eigenvalue weighted by molar-refractivity contribution is 6.69. The van der Waals surface area contributed by atoms with Gasteiger partial charge in [0.2, 0.25) is 0 Å². The fourth-order valence-electron chi connectivity index (χ4n) is 2.33. The number of carbonyl (C=O) groups is 1. The van der Waals surface area contributed by atoms with E-state index < -0.39 is 8.32 Å². The van der Waals surface area contributed by atoms with E-state index >= 15 is 0 Å². The number of rotatable bonds is 4. The number of nitrogens with zero attached hydrogens (tertiary/aromatic N) is 1. The average Bonchev–Trinajstić information content (AvgIpc) is 2.70. The highest BCUT2D eigenvalue weighted by Crippen LogP contribution is 2.30. The molecule has 1 aliphatic heterocycles. The number of benzene rings is 1. The minimum Gasteiger partial charge on any atom is -0.447 e. The molecule has 104 valence electrons. The number of hydrogen-bond acceptors (Lipinski definition) is 3. The maximum absolute atomic E-state index is 11.9. The summed E-state index contributed by atoms with van der Waals surface area (Å²) in [5, 5.41) is 0. The minimum absolute atomic E-state index is 0.0555. The molecule has 0 saturated carbocycles. The molecule has 0 aliphatic carbocycles. The van der Waals surface area contributed by atoms with E-state index in [1.165, 1.54) is 0 Å². The second kappa shape index (κ2) is 5.34. The summed E-state index contributed by atoms with van der Waals surface area (Å²) in [5.41, 5.74) is 1.08. The monoisotopic (exact) mass is 279 g/mol. The lowest BCUT2D eigenvalue weighted by Crippen LogP contribution is -2.43. The van der Waals surface area contributed by atoms with Crippen LogP contribution in [-0.4, -0.2) is 32.1 Å². The van der Waals surface area contributed by atoms with Gasteiger partial charge in [0.1, 0.15) is 12.8 Å². The van der Waals surface area contributed by atoms with Crippen molar-refractivity contribution in [1.82, 2.24) is 4.90 Å². The van der Waals surface area contributed by atoms with Gasteiger partial charge < -0.3 is 9.16 Å². The average molecular weight is 279 g/mol. The topological polar surface area (TPSA) is 38.8 Å². The Morgan fingerprint density at radius 3 is 2.53 bits per heavy atom. The Labute approximate surface area is 115 Å². The Morgan fingerprint density at radius 1 is 1.32 bits per heavy atom. The molecule has 1 aromatic rings. The van der Waals surface area contributed by atoms with Crippen molar-refractivity contribution in [3.05, 3.63) is 35.9 Å². The lowest BCUT2D eigenvalue weighted by molar-refractivity contribution is 0.0468. The van der Waals surface area contributed by atoms with E-state index in [4.69, 9.17) is 9.16 Å². The Hall–Kier alpha value is -1.33. The largest absolute Gasteiger partial charge is 0.447 e. The third-order valence-corrected chi connectivity index (χ3v) is 4.06. The van der Waals surface area contributed by atoms with Crippen molar-refractivity contribution in [2.75, 3.05) is 6.61 Å². The first-order valence-corrected chi connectivity index (χ1v) is 9.97. The first-order valence-electron chi connectivity index (χ1n) is 6.56. The molecule has 1 aliphatic rings. The van der Waals surface area contributed by atoms with Crippen molar-refractivity contribution in [3.63, 3.8) is 0 Å². The molecule has 2 rings (SSSR count). The normalized spacial score (nSPS) is 21.4. The second-order valence-electron chi connectivity index (χ2n) is 5.74. The van der Waals surface area contributed by atoms with E-state index in [9.17, 15) is 4.79 Å². The Bertz CT molecular complexity index is 444. The molecule has 5 heteroatoms. The van der Waals surface area contributed by atoms with Gasteiger partial charge in [-0.05, 0) is 32.1 Å². The van der Waals surface area contributed by atoms with Gasteiger partial charge in [-0.15, -0.1) is 0 Å². The van der Waals surface area contributed by atoms with Crippen molar-refractivity contribution >= 4 is 14.4 Å². The molecule has 0 unspecified atom stereocenters. The van der Waals surface area contributed by atoms with Crippen LogP contribution in [0.5, 0.6) is 0 Å². The van der Waals surface area contributed by atoms with Crippen LogP contribution in [0.1, 0.15) is 18.5 Å². The second-order valence-corrected chi connectivity index (χ2v) is 10.2. The van der Waals surface area contributed by atoms with Gasteiger partial charge in [-0.1, -0.05) is 30.3 Å². The molecule has 0 radical (unpaired) electrons. The van der Waals surface area contributed by atoms with E-state index in [1.54, 1.807) is 4.90 Å². The number of hydrogen-bond donors (Lipinski definition) is 0. The van der Waals surface area contributed by atoms with E-state index in [0.29, 0.717) is 6.61 Å². The fraction of sp³-hybridized carbons (Fsp3) is 0.500. The van der Waals surface area contributed by atoms with Gasteiger partial charge in [-0.25, -0.2) is 4.79 Å². The number of ether oxygens (including phenoxy) is 1. The SMILES string of the molecule is C[C@H](O[Si](C)(C)C)N1C(=O)OC[C@H]1c1ccccc1. The summed E-state index contributed by atoms with van der Waals surface area (Å²) in [7, 11) is -1.70. The Morgan fingerprint density at radius 2 is 1.95 bits per heavy atom. The molecule has 0 bridgehead atoms. The van der Waals surface area contributed by atoms with Crippen LogP contribution in [-0.2, 0) is 9.16 Å². The van der Waals surface area contributed by atoms with Gasteiger partial charge in [-0.2, -0.15) is 0 Å². The zero-order valence-corrected chi connectivity index (χ0v) is 12.9. The van der Waals surface area contributed by atoms with E-state index in [2.05, 4.69) is 19.6 Å². The van der Waals surface area contributed by atoms with E-state index in [1.807, 2.05) is 37.3 Å². The Kier molecular flexibility index (Phi) is 3.96. The first kappa shape index (κ1) is 14.1. The van der Waals surface area contributed by atoms with Gasteiger partial charge in [0.05, 0.1) is 6.04 Å². The van der Waals surface area contributed by atoms with Gasteiger partial charge in [0, 0.05) is 0 Å². The molecule has 0 aromatic heterocycles. The molecule has 1 saturated heterocycles. The van der Waals surface area contributed by atoms with E-state index in [0.717, 1.165) is 5.56 Å². The van der Waals surface area contributed by atoms with Crippen molar-refractivity contribution in [1.29, 1.82) is 0 Å². The van der Waals surface area contributed by atoms with Crippen molar-refractivity contribution < 1.29 is 14.0 Å². The molecular formula is C14H21NO3Si. The Balaban J connectivity index is 2.18. The maximum atomic E-state index is 11.9. The molecular weight excluding hydrogens is 258 g/mol. The summed E-state index contributed by atoms with van der Waals surface area (Å²) in [6.07, 6.45) is -0.550. The lowest BCUT2D eigenvalue weighted by Gasteiger charge is -2.32. The number of carbonyl (C=O) groups excluding carboxylic acids is 1. The van der Waals surface area contributed by atoms with Crippen LogP contribution in [0.4, 0.5) is 4.79 Å². The van der Waals surface area contributed by atoms with Gasteiger partial charge in [-0.3, -0.25) is 4.90 Å². The smallest absolute Gasteiger partial charge is 0.412 e. The van der Waals surface area contributed by atoms with Crippen LogP contribution in [0, 0.1) is 0 Å². The quantitative estimate of drug-likeness (QED) is 0.793. The summed E-state index contributed by atoms with van der Waals surface area (Å²) < 4.78 is 11.2. The van der Waals surface area contributed by atoms with Crippen molar-refractivity contribution in [2.24, 2.45) is 0 Å².